The molecule has 2 N–H and O–H groups in total. The Morgan fingerprint density at radius 2 is 2.05 bits per heavy atom. The normalized spacial score (nSPS) is 23.0. The number of hydrogen-bond acceptors (Lipinski definition) is 5. The number of carbonyl (C=O) groups is 1. The Morgan fingerprint density at radius 1 is 1.43 bits per heavy atom. The van der Waals surface area contributed by atoms with Gasteiger partial charge < -0.3 is 10.5 Å². The zero-order valence-electron chi connectivity index (χ0n) is 12.1. The molecule has 0 saturated carbocycles. The number of rotatable bonds is 4. The van der Waals surface area contributed by atoms with Crippen molar-refractivity contribution in [2.75, 3.05) is 13.1 Å². The van der Waals surface area contributed by atoms with Crippen LogP contribution in [0.15, 0.2) is 18.2 Å². The van der Waals surface area contributed by atoms with Crippen molar-refractivity contribution in [3.63, 3.8) is 0 Å². The van der Waals surface area contributed by atoms with Crippen LogP contribution in [0.2, 0.25) is 0 Å². The fourth-order valence-electron chi connectivity index (χ4n) is 2.68. The first-order valence-corrected chi connectivity index (χ1v) is 6.81. The molecular weight excluding hydrogens is 274 g/mol. The van der Waals surface area contributed by atoms with Crippen LogP contribution in [0.5, 0.6) is 0 Å². The minimum Gasteiger partial charge on any atom is -0.373 e. The van der Waals surface area contributed by atoms with Gasteiger partial charge in [0.2, 0.25) is 5.91 Å². The van der Waals surface area contributed by atoms with Gasteiger partial charge in [0, 0.05) is 36.8 Å². The summed E-state index contributed by atoms with van der Waals surface area (Å²) >= 11 is 0. The summed E-state index contributed by atoms with van der Waals surface area (Å²) in [7, 11) is 0. The molecule has 1 aromatic carbocycles. The van der Waals surface area contributed by atoms with Crippen LogP contribution in [0.1, 0.15) is 29.8 Å². The summed E-state index contributed by atoms with van der Waals surface area (Å²) < 4.78 is 5.65. The molecule has 2 rings (SSSR count). The molecule has 7 heteroatoms. The molecule has 0 bridgehead atoms. The molecule has 21 heavy (non-hydrogen) atoms. The zero-order chi connectivity index (χ0) is 15.6. The minimum atomic E-state index is -0.668. The van der Waals surface area contributed by atoms with Crippen molar-refractivity contribution >= 4 is 11.6 Å². The number of nitrogens with two attached hydrogens (primary N) is 1. The summed E-state index contributed by atoms with van der Waals surface area (Å²) in [6.07, 6.45) is 0.190. The van der Waals surface area contributed by atoms with E-state index in [-0.39, 0.29) is 23.5 Å². The molecule has 0 unspecified atom stereocenters. The highest BCUT2D eigenvalue weighted by molar-refractivity contribution is 5.93. The van der Waals surface area contributed by atoms with Crippen molar-refractivity contribution < 1.29 is 14.5 Å². The van der Waals surface area contributed by atoms with Gasteiger partial charge in [0.15, 0.2) is 0 Å². The second kappa shape index (κ2) is 6.19. The molecule has 0 aromatic heterocycles. The first kappa shape index (κ1) is 15.4. The Morgan fingerprint density at radius 3 is 2.57 bits per heavy atom. The van der Waals surface area contributed by atoms with Gasteiger partial charge in [0.1, 0.15) is 0 Å². The van der Waals surface area contributed by atoms with Crippen LogP contribution in [0.4, 0.5) is 5.69 Å². The van der Waals surface area contributed by atoms with Gasteiger partial charge in [-0.2, -0.15) is 0 Å². The van der Waals surface area contributed by atoms with Crippen molar-refractivity contribution in [2.45, 2.75) is 32.6 Å². The predicted octanol–water partition coefficient (Wildman–Crippen LogP) is 1.30. The molecule has 1 aromatic rings. The first-order chi connectivity index (χ1) is 9.86. The van der Waals surface area contributed by atoms with Crippen molar-refractivity contribution in [3.05, 3.63) is 39.4 Å². The largest absolute Gasteiger partial charge is 0.373 e. The van der Waals surface area contributed by atoms with Crippen molar-refractivity contribution in [1.82, 2.24) is 4.90 Å². The fraction of sp³-hybridized carbons (Fsp3) is 0.500. The Bertz CT molecular complexity index is 551. The molecule has 0 radical (unpaired) electrons. The summed E-state index contributed by atoms with van der Waals surface area (Å²) in [6.45, 7) is 5.85. The molecule has 1 aliphatic heterocycles. The lowest BCUT2D eigenvalue weighted by molar-refractivity contribution is -0.385. The number of morpholine rings is 1. The quantitative estimate of drug-likeness (QED) is 0.666. The van der Waals surface area contributed by atoms with Gasteiger partial charge in [-0.25, -0.2) is 0 Å². The third kappa shape index (κ3) is 3.77. The van der Waals surface area contributed by atoms with E-state index in [2.05, 4.69) is 4.90 Å². The fourth-order valence-corrected chi connectivity index (χ4v) is 2.68. The van der Waals surface area contributed by atoms with E-state index in [0.717, 1.165) is 13.1 Å². The highest BCUT2D eigenvalue weighted by atomic mass is 16.6. The molecule has 1 heterocycles. The van der Waals surface area contributed by atoms with Crippen molar-refractivity contribution in [1.29, 1.82) is 0 Å². The molecule has 1 saturated heterocycles. The Hall–Kier alpha value is -1.99. The molecule has 0 aliphatic carbocycles. The van der Waals surface area contributed by atoms with Gasteiger partial charge in [-0.15, -0.1) is 0 Å². The van der Waals surface area contributed by atoms with Crippen molar-refractivity contribution in [3.8, 4) is 0 Å². The third-order valence-electron chi connectivity index (χ3n) is 3.46. The number of hydrogen-bond donors (Lipinski definition) is 1. The summed E-state index contributed by atoms with van der Waals surface area (Å²) in [6, 6.07) is 4.37. The zero-order valence-corrected chi connectivity index (χ0v) is 12.1. The highest BCUT2D eigenvalue weighted by Crippen LogP contribution is 2.23. The number of benzene rings is 1. The van der Waals surface area contributed by atoms with Crippen LogP contribution in [0.3, 0.4) is 0 Å². The topological polar surface area (TPSA) is 98.7 Å². The minimum absolute atomic E-state index is 0.0712. The molecule has 1 fully saturated rings. The van der Waals surface area contributed by atoms with Crippen LogP contribution in [0.25, 0.3) is 0 Å². The molecule has 2 atom stereocenters. The van der Waals surface area contributed by atoms with Gasteiger partial charge in [-0.1, -0.05) is 6.07 Å². The lowest BCUT2D eigenvalue weighted by atomic mass is 10.1. The second-order valence-corrected chi connectivity index (χ2v) is 5.42. The molecule has 7 nitrogen and oxygen atoms in total. The smallest absolute Gasteiger partial charge is 0.274 e. The number of nitro groups is 1. The Kier molecular flexibility index (Phi) is 4.54. The lowest BCUT2D eigenvalue weighted by Gasteiger charge is -2.35. The maximum absolute atomic E-state index is 11.2. The molecular formula is C14H19N3O4. The van der Waals surface area contributed by atoms with E-state index in [4.69, 9.17) is 10.5 Å². The molecule has 1 amide bonds. The predicted molar refractivity (Wildman–Crippen MR) is 76.9 cm³/mol. The first-order valence-electron chi connectivity index (χ1n) is 6.81. The third-order valence-corrected chi connectivity index (χ3v) is 3.46. The number of nitrogens with zero attached hydrogens (tertiary/aromatic N) is 2. The maximum Gasteiger partial charge on any atom is 0.274 e. The number of ether oxygens (including phenoxy) is 1. The van der Waals surface area contributed by atoms with E-state index in [0.29, 0.717) is 12.1 Å². The standard InChI is InChI=1S/C14H19N3O4/c1-9-6-16(7-10(2)21-9)8-12-4-3-11(14(15)18)5-13(12)17(19)20/h3-5,9-10H,6-8H2,1-2H3,(H2,15,18)/t9-,10-/m1/s1. The van der Waals surface area contributed by atoms with E-state index in [1.54, 1.807) is 6.07 Å². The highest BCUT2D eigenvalue weighted by Gasteiger charge is 2.25. The second-order valence-electron chi connectivity index (χ2n) is 5.42. The molecule has 0 spiro atoms. The summed E-state index contributed by atoms with van der Waals surface area (Å²) in [4.78, 5) is 24.0. The summed E-state index contributed by atoms with van der Waals surface area (Å²) in [5, 5.41) is 11.2. The van der Waals surface area contributed by atoms with E-state index in [1.807, 2.05) is 13.8 Å². The summed E-state index contributed by atoms with van der Waals surface area (Å²) in [5.74, 6) is -0.668. The molecule has 114 valence electrons. The van der Waals surface area contributed by atoms with Crippen LogP contribution >= 0.6 is 0 Å². The van der Waals surface area contributed by atoms with Crippen molar-refractivity contribution in [2.24, 2.45) is 5.73 Å². The van der Waals surface area contributed by atoms with Gasteiger partial charge in [-0.3, -0.25) is 19.8 Å². The maximum atomic E-state index is 11.2. The lowest BCUT2D eigenvalue weighted by Crippen LogP contribution is -2.44. The average Bonchev–Trinajstić information content (AvgIpc) is 2.37. The van der Waals surface area contributed by atoms with Crippen LogP contribution in [0, 0.1) is 10.1 Å². The van der Waals surface area contributed by atoms with E-state index < -0.39 is 10.8 Å². The SMILES string of the molecule is C[C@@H]1CN(Cc2ccc(C(N)=O)cc2[N+](=O)[O-])C[C@@H](C)O1. The Balaban J connectivity index is 2.23. The summed E-state index contributed by atoms with van der Waals surface area (Å²) in [5.41, 5.74) is 5.82. The monoisotopic (exact) mass is 293 g/mol. The average molecular weight is 293 g/mol. The molecule has 1 aliphatic rings. The van der Waals surface area contributed by atoms with Crippen LogP contribution in [-0.4, -0.2) is 41.0 Å². The van der Waals surface area contributed by atoms with E-state index in [9.17, 15) is 14.9 Å². The van der Waals surface area contributed by atoms with E-state index in [1.165, 1.54) is 12.1 Å². The van der Waals surface area contributed by atoms with Crippen LogP contribution in [-0.2, 0) is 11.3 Å². The van der Waals surface area contributed by atoms with Gasteiger partial charge in [0.05, 0.1) is 17.1 Å². The number of primary amides is 1. The van der Waals surface area contributed by atoms with Gasteiger partial charge >= 0.3 is 0 Å². The van der Waals surface area contributed by atoms with Crippen LogP contribution < -0.4 is 5.73 Å². The van der Waals surface area contributed by atoms with Gasteiger partial charge in [0.25, 0.3) is 5.69 Å². The van der Waals surface area contributed by atoms with Gasteiger partial charge in [-0.05, 0) is 19.9 Å². The number of amides is 1. The number of carbonyl (C=O) groups excluding carboxylic acids is 1. The number of nitro benzene ring substituents is 1. The van der Waals surface area contributed by atoms with E-state index >= 15 is 0 Å². The Labute approximate surface area is 122 Å².